The maximum Gasteiger partial charge on any atom is 0.270 e. The summed E-state index contributed by atoms with van der Waals surface area (Å²) >= 11 is 2.29. The number of hydrogen-bond acceptors (Lipinski definition) is 4. The fraction of sp³-hybridized carbons (Fsp3) is 0.222. The first-order chi connectivity index (χ1) is 11.4. The first-order valence-corrected chi connectivity index (χ1v) is 8.55. The van der Waals surface area contributed by atoms with E-state index in [2.05, 4.69) is 52.0 Å². The highest BCUT2D eigenvalue weighted by Gasteiger charge is 2.58. The smallest absolute Gasteiger partial charge is 0.270 e. The molecule has 0 bridgehead atoms. The van der Waals surface area contributed by atoms with Crippen LogP contribution in [0.4, 0.5) is 11.4 Å². The molecule has 2 aliphatic heterocycles. The number of nitro benzene ring substituents is 1. The summed E-state index contributed by atoms with van der Waals surface area (Å²) in [6.45, 7) is 4.32. The standard InChI is InChI=1S/C18H15IN2O3/c1-17(2)14-5-3-4-6-15(14)20(19)18(17)10-9-12-11-13(21(22)23)7-8-16(12)24-18/h3-11H,1-2H3. The number of fused-ring (bicyclic) bond motifs is 2. The van der Waals surface area contributed by atoms with E-state index in [1.54, 1.807) is 12.1 Å². The number of ether oxygens (including phenoxy) is 1. The van der Waals surface area contributed by atoms with Crippen LogP contribution in [0.5, 0.6) is 5.75 Å². The predicted molar refractivity (Wildman–Crippen MR) is 101 cm³/mol. The molecule has 1 spiro atoms. The Morgan fingerprint density at radius 3 is 2.67 bits per heavy atom. The lowest BCUT2D eigenvalue weighted by Gasteiger charge is -2.44. The van der Waals surface area contributed by atoms with Gasteiger partial charge in [-0.3, -0.25) is 13.2 Å². The zero-order valence-corrected chi connectivity index (χ0v) is 15.4. The van der Waals surface area contributed by atoms with E-state index in [4.69, 9.17) is 4.74 Å². The molecular weight excluding hydrogens is 419 g/mol. The molecule has 0 saturated heterocycles. The third kappa shape index (κ3) is 1.86. The number of non-ortho nitro benzene ring substituents is 1. The van der Waals surface area contributed by atoms with Gasteiger partial charge in [-0.2, -0.15) is 0 Å². The number of anilines is 1. The van der Waals surface area contributed by atoms with Crippen molar-refractivity contribution in [2.24, 2.45) is 0 Å². The van der Waals surface area contributed by atoms with Crippen LogP contribution in [0.2, 0.25) is 0 Å². The third-order valence-electron chi connectivity index (χ3n) is 4.93. The van der Waals surface area contributed by atoms with Crippen LogP contribution in [0.25, 0.3) is 6.08 Å². The fourth-order valence-electron chi connectivity index (χ4n) is 3.51. The summed E-state index contributed by atoms with van der Waals surface area (Å²) in [4.78, 5) is 10.6. The van der Waals surface area contributed by atoms with Crippen molar-refractivity contribution < 1.29 is 9.66 Å². The number of para-hydroxylation sites is 1. The minimum atomic E-state index is -0.666. The summed E-state index contributed by atoms with van der Waals surface area (Å²) in [5, 5.41) is 11.0. The average Bonchev–Trinajstić information content (AvgIpc) is 2.74. The lowest BCUT2D eigenvalue weighted by atomic mass is 9.76. The Morgan fingerprint density at radius 1 is 1.21 bits per heavy atom. The molecule has 122 valence electrons. The van der Waals surface area contributed by atoms with E-state index in [1.807, 2.05) is 24.3 Å². The van der Waals surface area contributed by atoms with Crippen LogP contribution in [0.1, 0.15) is 25.0 Å². The molecular formula is C18H15IN2O3. The van der Waals surface area contributed by atoms with Crippen LogP contribution in [0.3, 0.4) is 0 Å². The van der Waals surface area contributed by atoms with E-state index in [0.717, 1.165) is 11.3 Å². The number of hydrogen-bond donors (Lipinski definition) is 0. The Morgan fingerprint density at radius 2 is 1.96 bits per heavy atom. The van der Waals surface area contributed by atoms with Crippen LogP contribution in [-0.2, 0) is 5.41 Å². The third-order valence-corrected chi connectivity index (χ3v) is 6.17. The molecule has 0 fully saturated rings. The van der Waals surface area contributed by atoms with Crippen molar-refractivity contribution >= 4 is 40.3 Å². The molecule has 1 atom stereocenters. The van der Waals surface area contributed by atoms with Gasteiger partial charge in [-0.1, -0.05) is 18.2 Å². The molecule has 0 aromatic heterocycles. The summed E-state index contributed by atoms with van der Waals surface area (Å²) in [6, 6.07) is 13.0. The van der Waals surface area contributed by atoms with Gasteiger partial charge in [0.2, 0.25) is 5.72 Å². The number of halogens is 1. The number of nitro groups is 1. The molecule has 2 heterocycles. The minimum Gasteiger partial charge on any atom is -0.462 e. The topological polar surface area (TPSA) is 55.6 Å². The predicted octanol–water partition coefficient (Wildman–Crippen LogP) is 4.84. The molecule has 0 N–H and O–H groups in total. The van der Waals surface area contributed by atoms with Crippen LogP contribution < -0.4 is 7.85 Å². The van der Waals surface area contributed by atoms with Gasteiger partial charge in [0.15, 0.2) is 0 Å². The monoisotopic (exact) mass is 434 g/mol. The minimum absolute atomic E-state index is 0.0678. The molecule has 0 amide bonds. The van der Waals surface area contributed by atoms with E-state index >= 15 is 0 Å². The van der Waals surface area contributed by atoms with Crippen molar-refractivity contribution in [2.75, 3.05) is 3.11 Å². The molecule has 6 heteroatoms. The second kappa shape index (κ2) is 4.95. The summed E-state index contributed by atoms with van der Waals surface area (Å²) in [7, 11) is 0. The zero-order chi connectivity index (χ0) is 17.1. The van der Waals surface area contributed by atoms with Gasteiger partial charge in [-0.15, -0.1) is 0 Å². The number of benzene rings is 2. The van der Waals surface area contributed by atoms with Crippen molar-refractivity contribution in [2.45, 2.75) is 25.0 Å². The normalized spacial score (nSPS) is 22.9. The Hall–Kier alpha value is -2.09. The summed E-state index contributed by atoms with van der Waals surface area (Å²) in [5.74, 6) is 0.658. The zero-order valence-electron chi connectivity index (χ0n) is 13.2. The Bertz CT molecular complexity index is 894. The molecule has 2 aromatic carbocycles. The van der Waals surface area contributed by atoms with Crippen molar-refractivity contribution in [3.05, 3.63) is 69.8 Å². The number of nitrogens with zero attached hydrogens (tertiary/aromatic N) is 2. The number of rotatable bonds is 1. The van der Waals surface area contributed by atoms with Gasteiger partial charge < -0.3 is 4.74 Å². The van der Waals surface area contributed by atoms with Gasteiger partial charge in [-0.25, -0.2) is 0 Å². The average molecular weight is 434 g/mol. The molecule has 0 saturated carbocycles. The first kappa shape index (κ1) is 15.4. The van der Waals surface area contributed by atoms with Crippen LogP contribution >= 0.6 is 22.9 Å². The van der Waals surface area contributed by atoms with Crippen LogP contribution in [-0.4, -0.2) is 10.6 Å². The van der Waals surface area contributed by atoms with Gasteiger partial charge in [0.25, 0.3) is 5.69 Å². The highest BCUT2D eigenvalue weighted by Crippen LogP contribution is 2.56. The van der Waals surface area contributed by atoms with Crippen molar-refractivity contribution in [3.63, 3.8) is 0 Å². The van der Waals surface area contributed by atoms with Gasteiger partial charge >= 0.3 is 0 Å². The largest absolute Gasteiger partial charge is 0.462 e. The second-order valence-corrected chi connectivity index (χ2v) is 7.50. The van der Waals surface area contributed by atoms with Crippen molar-refractivity contribution in [3.8, 4) is 5.75 Å². The summed E-state index contributed by atoms with van der Waals surface area (Å²) in [5.41, 5.74) is 2.19. The maximum atomic E-state index is 11.0. The Balaban J connectivity index is 1.84. The van der Waals surface area contributed by atoms with Crippen LogP contribution in [0.15, 0.2) is 48.5 Å². The molecule has 2 aliphatic rings. The van der Waals surface area contributed by atoms with Gasteiger partial charge in [0, 0.05) is 17.7 Å². The van der Waals surface area contributed by atoms with E-state index in [9.17, 15) is 10.1 Å². The van der Waals surface area contributed by atoms with E-state index in [-0.39, 0.29) is 11.1 Å². The van der Waals surface area contributed by atoms with Gasteiger partial charge in [0.1, 0.15) is 5.75 Å². The Kier molecular flexibility index (Phi) is 3.19. The van der Waals surface area contributed by atoms with E-state index < -0.39 is 10.6 Å². The Labute approximate surface area is 153 Å². The summed E-state index contributed by atoms with van der Waals surface area (Å²) in [6.07, 6.45) is 3.93. The van der Waals surface area contributed by atoms with Gasteiger partial charge in [-0.05, 0) is 43.7 Å². The SMILES string of the molecule is CC1(C)c2ccccc2N(I)C12C=Cc1cc([N+](=O)[O-])ccc1O2. The molecule has 0 aliphatic carbocycles. The molecule has 1 unspecified atom stereocenters. The highest BCUT2D eigenvalue weighted by molar-refractivity contribution is 14.1. The second-order valence-electron chi connectivity index (χ2n) is 6.53. The van der Waals surface area contributed by atoms with E-state index in [1.165, 1.54) is 11.6 Å². The molecule has 0 radical (unpaired) electrons. The quantitative estimate of drug-likeness (QED) is 0.279. The maximum absolute atomic E-state index is 11.0. The van der Waals surface area contributed by atoms with Crippen LogP contribution in [0, 0.1) is 10.1 Å². The molecule has 24 heavy (non-hydrogen) atoms. The lowest BCUT2D eigenvalue weighted by Crippen LogP contribution is -2.56. The molecule has 4 rings (SSSR count). The van der Waals surface area contributed by atoms with E-state index in [0.29, 0.717) is 5.75 Å². The van der Waals surface area contributed by atoms with Gasteiger partial charge in [0.05, 0.1) is 38.9 Å². The molecule has 2 aromatic rings. The highest BCUT2D eigenvalue weighted by atomic mass is 127. The lowest BCUT2D eigenvalue weighted by molar-refractivity contribution is -0.384. The first-order valence-electron chi connectivity index (χ1n) is 7.59. The van der Waals surface area contributed by atoms with Crippen molar-refractivity contribution in [1.82, 2.24) is 0 Å². The summed E-state index contributed by atoms with van der Waals surface area (Å²) < 4.78 is 8.55. The fourth-order valence-corrected chi connectivity index (χ4v) is 4.79. The van der Waals surface area contributed by atoms with Crippen molar-refractivity contribution in [1.29, 1.82) is 0 Å². The molecule has 5 nitrogen and oxygen atoms in total.